The molecular formula is C12H20N2O3. The van der Waals surface area contributed by atoms with E-state index < -0.39 is 6.10 Å². The molecule has 2 aliphatic heterocycles. The van der Waals surface area contributed by atoms with Crippen LogP contribution in [-0.2, 0) is 9.59 Å². The fraction of sp³-hybridized carbons (Fsp3) is 0.833. The summed E-state index contributed by atoms with van der Waals surface area (Å²) in [5.74, 6) is 0.0365. The van der Waals surface area contributed by atoms with Crippen molar-refractivity contribution in [1.29, 1.82) is 0 Å². The predicted molar refractivity (Wildman–Crippen MR) is 62.2 cm³/mol. The van der Waals surface area contributed by atoms with Crippen molar-refractivity contribution in [3.05, 3.63) is 0 Å². The van der Waals surface area contributed by atoms with E-state index in [1.807, 2.05) is 6.92 Å². The monoisotopic (exact) mass is 240 g/mol. The number of carbonyl (C=O) groups is 2. The second-order valence-corrected chi connectivity index (χ2v) is 4.88. The number of hydrogen-bond acceptors (Lipinski definition) is 3. The molecule has 2 heterocycles. The van der Waals surface area contributed by atoms with Crippen LogP contribution in [0, 0.1) is 0 Å². The molecule has 2 atom stereocenters. The van der Waals surface area contributed by atoms with E-state index in [9.17, 15) is 14.7 Å². The van der Waals surface area contributed by atoms with Crippen LogP contribution in [-0.4, -0.2) is 58.5 Å². The van der Waals surface area contributed by atoms with Gasteiger partial charge in [0.25, 0.3) is 0 Å². The number of fused-ring (bicyclic) bond motifs is 1. The van der Waals surface area contributed by atoms with Gasteiger partial charge in [0.15, 0.2) is 0 Å². The number of aliphatic hydroxyl groups excluding tert-OH is 1. The molecule has 2 rings (SSSR count). The molecular weight excluding hydrogens is 220 g/mol. The molecule has 2 unspecified atom stereocenters. The van der Waals surface area contributed by atoms with Crippen molar-refractivity contribution in [2.75, 3.05) is 19.6 Å². The maximum Gasteiger partial charge on any atom is 0.245 e. The Kier molecular flexibility index (Phi) is 3.66. The second kappa shape index (κ2) is 5.04. The number of aliphatic hydroxyl groups is 1. The average molecular weight is 240 g/mol. The molecule has 0 bridgehead atoms. The first-order chi connectivity index (χ1) is 8.13. The zero-order chi connectivity index (χ0) is 12.4. The van der Waals surface area contributed by atoms with E-state index in [0.29, 0.717) is 13.0 Å². The Morgan fingerprint density at radius 2 is 2.18 bits per heavy atom. The quantitative estimate of drug-likeness (QED) is 0.754. The van der Waals surface area contributed by atoms with Gasteiger partial charge < -0.3 is 14.9 Å². The highest BCUT2D eigenvalue weighted by Gasteiger charge is 2.40. The van der Waals surface area contributed by atoms with Crippen LogP contribution in [0.4, 0.5) is 0 Å². The minimum atomic E-state index is -0.526. The van der Waals surface area contributed by atoms with E-state index in [-0.39, 0.29) is 30.9 Å². The van der Waals surface area contributed by atoms with Gasteiger partial charge in [0, 0.05) is 13.1 Å². The fourth-order valence-electron chi connectivity index (χ4n) is 2.57. The topological polar surface area (TPSA) is 60.9 Å². The summed E-state index contributed by atoms with van der Waals surface area (Å²) in [5.41, 5.74) is 0. The molecule has 2 amide bonds. The highest BCUT2D eigenvalue weighted by Crippen LogP contribution is 2.23. The zero-order valence-electron chi connectivity index (χ0n) is 10.3. The van der Waals surface area contributed by atoms with Gasteiger partial charge in [-0.25, -0.2) is 0 Å². The van der Waals surface area contributed by atoms with Crippen LogP contribution in [0.5, 0.6) is 0 Å². The molecule has 0 aromatic heterocycles. The first-order valence-corrected chi connectivity index (χ1v) is 6.39. The number of nitrogens with zero attached hydrogens (tertiary/aromatic N) is 2. The van der Waals surface area contributed by atoms with Gasteiger partial charge in [-0.3, -0.25) is 9.59 Å². The summed E-state index contributed by atoms with van der Waals surface area (Å²) in [6.45, 7) is 2.99. The third kappa shape index (κ3) is 2.44. The molecule has 17 heavy (non-hydrogen) atoms. The minimum Gasteiger partial charge on any atom is -0.391 e. The van der Waals surface area contributed by atoms with E-state index >= 15 is 0 Å². The Labute approximate surface area is 101 Å². The minimum absolute atomic E-state index is 0.0109. The molecule has 0 aliphatic carbocycles. The molecule has 0 aromatic carbocycles. The average Bonchev–Trinajstić information content (AvgIpc) is 2.35. The Morgan fingerprint density at radius 3 is 2.88 bits per heavy atom. The normalized spacial score (nSPS) is 27.1. The predicted octanol–water partition coefficient (Wildman–Crippen LogP) is -0.0194. The lowest BCUT2D eigenvalue weighted by molar-refractivity contribution is -0.158. The molecule has 5 heteroatoms. The van der Waals surface area contributed by atoms with Gasteiger partial charge >= 0.3 is 0 Å². The van der Waals surface area contributed by atoms with E-state index in [2.05, 4.69) is 0 Å². The van der Waals surface area contributed by atoms with Crippen molar-refractivity contribution < 1.29 is 14.7 Å². The molecule has 2 saturated heterocycles. The van der Waals surface area contributed by atoms with Crippen molar-refractivity contribution in [3.63, 3.8) is 0 Å². The van der Waals surface area contributed by atoms with Gasteiger partial charge in [0.1, 0.15) is 6.04 Å². The third-order valence-corrected chi connectivity index (χ3v) is 3.65. The molecule has 1 N–H and O–H groups in total. The number of carbonyl (C=O) groups excluding carboxylic acids is 2. The third-order valence-electron chi connectivity index (χ3n) is 3.65. The van der Waals surface area contributed by atoms with E-state index in [1.54, 1.807) is 4.90 Å². The highest BCUT2D eigenvalue weighted by molar-refractivity contribution is 5.95. The van der Waals surface area contributed by atoms with Gasteiger partial charge in [0.05, 0.1) is 12.6 Å². The van der Waals surface area contributed by atoms with Gasteiger partial charge in [-0.05, 0) is 25.7 Å². The summed E-state index contributed by atoms with van der Waals surface area (Å²) in [7, 11) is 0. The van der Waals surface area contributed by atoms with Crippen LogP contribution in [0.3, 0.4) is 0 Å². The Morgan fingerprint density at radius 1 is 1.41 bits per heavy atom. The first-order valence-electron chi connectivity index (χ1n) is 6.39. The summed E-state index contributed by atoms with van der Waals surface area (Å²) in [6, 6.07) is -0.269. The van der Waals surface area contributed by atoms with Crippen molar-refractivity contribution in [2.45, 2.75) is 44.8 Å². The summed E-state index contributed by atoms with van der Waals surface area (Å²) < 4.78 is 0. The molecule has 0 spiro atoms. The first kappa shape index (κ1) is 12.4. The van der Waals surface area contributed by atoms with Gasteiger partial charge in [-0.15, -0.1) is 0 Å². The van der Waals surface area contributed by atoms with Gasteiger partial charge in [-0.1, -0.05) is 6.92 Å². The van der Waals surface area contributed by atoms with Crippen LogP contribution in [0.15, 0.2) is 0 Å². The maximum absolute atomic E-state index is 12.2. The number of piperidine rings is 1. The van der Waals surface area contributed by atoms with Crippen LogP contribution in [0.25, 0.3) is 0 Å². The largest absolute Gasteiger partial charge is 0.391 e. The standard InChI is InChI=1S/C12H20N2O3/c1-2-9(15)7-13-8-11(16)14-6-4-3-5-10(14)12(13)17/h9-10,15H,2-8H2,1H3. The van der Waals surface area contributed by atoms with Crippen molar-refractivity contribution >= 4 is 11.8 Å². The molecule has 0 aromatic rings. The summed E-state index contributed by atoms with van der Waals surface area (Å²) in [5, 5.41) is 9.59. The van der Waals surface area contributed by atoms with E-state index in [4.69, 9.17) is 0 Å². The second-order valence-electron chi connectivity index (χ2n) is 4.88. The van der Waals surface area contributed by atoms with Crippen LogP contribution in [0.1, 0.15) is 32.6 Å². The molecule has 2 fully saturated rings. The van der Waals surface area contributed by atoms with E-state index in [0.717, 1.165) is 19.3 Å². The Bertz CT molecular complexity index is 319. The smallest absolute Gasteiger partial charge is 0.245 e. The van der Waals surface area contributed by atoms with Gasteiger partial charge in [-0.2, -0.15) is 0 Å². The summed E-state index contributed by atoms with van der Waals surface area (Å²) in [4.78, 5) is 27.3. The van der Waals surface area contributed by atoms with E-state index in [1.165, 1.54) is 4.90 Å². The summed E-state index contributed by atoms with van der Waals surface area (Å²) in [6.07, 6.45) is 2.84. The lowest BCUT2D eigenvalue weighted by atomic mass is 9.98. The number of amides is 2. The highest BCUT2D eigenvalue weighted by atomic mass is 16.3. The molecule has 0 saturated carbocycles. The fourth-order valence-corrected chi connectivity index (χ4v) is 2.57. The van der Waals surface area contributed by atoms with Gasteiger partial charge in [0.2, 0.25) is 11.8 Å². The maximum atomic E-state index is 12.2. The summed E-state index contributed by atoms with van der Waals surface area (Å²) >= 11 is 0. The lowest BCUT2D eigenvalue weighted by Gasteiger charge is -2.43. The van der Waals surface area contributed by atoms with Crippen molar-refractivity contribution in [3.8, 4) is 0 Å². The molecule has 2 aliphatic rings. The lowest BCUT2D eigenvalue weighted by Crippen LogP contribution is -2.62. The number of piperazine rings is 1. The molecule has 0 radical (unpaired) electrons. The number of rotatable bonds is 3. The van der Waals surface area contributed by atoms with Crippen molar-refractivity contribution in [2.24, 2.45) is 0 Å². The number of hydrogen-bond donors (Lipinski definition) is 1. The molecule has 5 nitrogen and oxygen atoms in total. The van der Waals surface area contributed by atoms with Crippen LogP contribution >= 0.6 is 0 Å². The van der Waals surface area contributed by atoms with Crippen LogP contribution in [0.2, 0.25) is 0 Å². The Hall–Kier alpha value is -1.10. The number of β-amino-alcohol motifs (C(OH)–C–C–N with tert-alkyl or cyclic N) is 1. The van der Waals surface area contributed by atoms with Crippen LogP contribution < -0.4 is 0 Å². The molecule has 96 valence electrons. The van der Waals surface area contributed by atoms with Crippen molar-refractivity contribution in [1.82, 2.24) is 9.80 Å². The SMILES string of the molecule is CCC(O)CN1CC(=O)N2CCCCC2C1=O. The zero-order valence-corrected chi connectivity index (χ0v) is 10.3. The Balaban J connectivity index is 2.06.